The fraction of sp³-hybridized carbons (Fsp3) is 0.333. The standard InChI is InChI=1S/C39H42N2O4S2/c1-7-38(8-2,24-11-15-28-30-21-26(46-5)13-17-32(30)40-34(28)19-24)44-36(42)23-37(43)45-39(9-3,10-4)25-12-16-29-31-22-27(47-6)14-18-33(31)41-35(29)20-25/h11-22,40-41H,7-10,23H2,1-6H3. The van der Waals surface area contributed by atoms with Crippen LogP contribution in [0.1, 0.15) is 70.9 Å². The third kappa shape index (κ3) is 6.02. The predicted molar refractivity (Wildman–Crippen MR) is 196 cm³/mol. The van der Waals surface area contributed by atoms with Crippen molar-refractivity contribution >= 4 is 79.1 Å². The topological polar surface area (TPSA) is 84.2 Å². The molecule has 0 fully saturated rings. The first-order valence-corrected chi connectivity index (χ1v) is 18.8. The number of benzene rings is 4. The van der Waals surface area contributed by atoms with Gasteiger partial charge < -0.3 is 19.4 Å². The van der Waals surface area contributed by atoms with E-state index >= 15 is 0 Å². The Labute approximate surface area is 284 Å². The third-order valence-corrected chi connectivity index (χ3v) is 11.3. The molecule has 4 aromatic carbocycles. The molecule has 0 unspecified atom stereocenters. The van der Waals surface area contributed by atoms with Gasteiger partial charge in [-0.3, -0.25) is 9.59 Å². The molecule has 8 heteroatoms. The minimum absolute atomic E-state index is 0.457. The molecular formula is C39H42N2O4S2. The van der Waals surface area contributed by atoms with Gasteiger partial charge in [0.25, 0.3) is 0 Å². The van der Waals surface area contributed by atoms with E-state index in [9.17, 15) is 9.59 Å². The Balaban J connectivity index is 1.22. The van der Waals surface area contributed by atoms with Crippen LogP contribution in [0.3, 0.4) is 0 Å². The largest absolute Gasteiger partial charge is 0.454 e. The highest BCUT2D eigenvalue weighted by molar-refractivity contribution is 7.98. The van der Waals surface area contributed by atoms with Crippen molar-refractivity contribution in [2.24, 2.45) is 0 Å². The molecule has 0 atom stereocenters. The average molecular weight is 667 g/mol. The Morgan fingerprint density at radius 1 is 0.553 bits per heavy atom. The Bertz CT molecular complexity index is 1950. The van der Waals surface area contributed by atoms with Gasteiger partial charge in [-0.1, -0.05) is 52.0 Å². The van der Waals surface area contributed by atoms with Crippen LogP contribution in [0.15, 0.2) is 82.6 Å². The summed E-state index contributed by atoms with van der Waals surface area (Å²) in [4.78, 5) is 36.3. The number of H-pyrrole nitrogens is 2. The van der Waals surface area contributed by atoms with Gasteiger partial charge in [0.15, 0.2) is 0 Å². The predicted octanol–water partition coefficient (Wildman–Crippen LogP) is 10.6. The van der Waals surface area contributed by atoms with Gasteiger partial charge in [0.1, 0.15) is 17.6 Å². The number of rotatable bonds is 12. The maximum atomic E-state index is 13.4. The molecule has 0 aliphatic rings. The van der Waals surface area contributed by atoms with Crippen molar-refractivity contribution in [1.82, 2.24) is 9.97 Å². The van der Waals surface area contributed by atoms with Gasteiger partial charge in [0.2, 0.25) is 0 Å². The van der Waals surface area contributed by atoms with Gasteiger partial charge in [-0.05, 0) is 97.9 Å². The fourth-order valence-electron chi connectivity index (χ4n) is 6.94. The lowest BCUT2D eigenvalue weighted by Gasteiger charge is -2.34. The van der Waals surface area contributed by atoms with Crippen LogP contribution in [0.5, 0.6) is 0 Å². The number of fused-ring (bicyclic) bond motifs is 6. The smallest absolute Gasteiger partial charge is 0.318 e. The number of hydrogen-bond donors (Lipinski definition) is 2. The van der Waals surface area contributed by atoms with Crippen LogP contribution in [0.4, 0.5) is 0 Å². The zero-order chi connectivity index (χ0) is 33.3. The van der Waals surface area contributed by atoms with Gasteiger partial charge >= 0.3 is 11.9 Å². The summed E-state index contributed by atoms with van der Waals surface area (Å²) in [7, 11) is 0. The van der Waals surface area contributed by atoms with Crippen molar-refractivity contribution in [1.29, 1.82) is 0 Å². The molecule has 0 spiro atoms. The molecule has 2 N–H and O–H groups in total. The lowest BCUT2D eigenvalue weighted by atomic mass is 9.87. The lowest BCUT2D eigenvalue weighted by molar-refractivity contribution is -0.174. The Morgan fingerprint density at radius 3 is 1.32 bits per heavy atom. The minimum Gasteiger partial charge on any atom is -0.454 e. The van der Waals surface area contributed by atoms with Crippen LogP contribution in [0.25, 0.3) is 43.6 Å². The second kappa shape index (κ2) is 13.3. The number of ether oxygens (including phenoxy) is 2. The average Bonchev–Trinajstić information content (AvgIpc) is 3.65. The summed E-state index contributed by atoms with van der Waals surface area (Å²) < 4.78 is 12.4. The molecule has 2 heterocycles. The van der Waals surface area contributed by atoms with E-state index in [4.69, 9.17) is 9.47 Å². The molecular weight excluding hydrogens is 625 g/mol. The minimum atomic E-state index is -0.864. The van der Waals surface area contributed by atoms with E-state index < -0.39 is 29.6 Å². The molecule has 0 amide bonds. The molecule has 244 valence electrons. The summed E-state index contributed by atoms with van der Waals surface area (Å²) in [6.07, 6.45) is 5.98. The second-order valence-corrected chi connectivity index (χ2v) is 13.9. The molecule has 0 saturated carbocycles. The summed E-state index contributed by atoms with van der Waals surface area (Å²) in [5.74, 6) is -1.17. The lowest BCUT2D eigenvalue weighted by Crippen LogP contribution is -2.35. The zero-order valence-electron chi connectivity index (χ0n) is 27.9. The number of hydrogen-bond acceptors (Lipinski definition) is 6. The number of carbonyl (C=O) groups excluding carboxylic acids is 2. The van der Waals surface area contributed by atoms with E-state index in [2.05, 4.69) is 83.1 Å². The molecule has 6 nitrogen and oxygen atoms in total. The van der Waals surface area contributed by atoms with Crippen LogP contribution >= 0.6 is 23.5 Å². The molecule has 0 aliphatic carbocycles. The number of nitrogens with one attached hydrogen (secondary N) is 2. The summed E-state index contributed by atoms with van der Waals surface area (Å²) in [5.41, 5.74) is 4.19. The first-order chi connectivity index (χ1) is 22.7. The van der Waals surface area contributed by atoms with Gasteiger partial charge in [-0.2, -0.15) is 0 Å². The number of aromatic amines is 2. The first kappa shape index (κ1) is 33.0. The highest BCUT2D eigenvalue weighted by atomic mass is 32.2. The summed E-state index contributed by atoms with van der Waals surface area (Å²) in [6, 6.07) is 25.3. The van der Waals surface area contributed by atoms with E-state index in [-0.39, 0.29) is 0 Å². The van der Waals surface area contributed by atoms with Crippen molar-refractivity contribution in [3.63, 3.8) is 0 Å². The van der Waals surface area contributed by atoms with Gasteiger partial charge in [0, 0.05) is 53.4 Å². The zero-order valence-corrected chi connectivity index (χ0v) is 29.5. The molecule has 0 aliphatic heterocycles. The highest BCUT2D eigenvalue weighted by Gasteiger charge is 2.37. The van der Waals surface area contributed by atoms with Crippen LogP contribution in [-0.4, -0.2) is 34.4 Å². The van der Waals surface area contributed by atoms with Crippen molar-refractivity contribution in [2.75, 3.05) is 12.5 Å². The van der Waals surface area contributed by atoms with Crippen LogP contribution in [0.2, 0.25) is 0 Å². The third-order valence-electron chi connectivity index (χ3n) is 9.86. The van der Waals surface area contributed by atoms with Gasteiger partial charge in [-0.15, -0.1) is 23.5 Å². The monoisotopic (exact) mass is 666 g/mol. The number of esters is 2. The maximum absolute atomic E-state index is 13.4. The van der Waals surface area contributed by atoms with Crippen LogP contribution in [-0.2, 0) is 30.3 Å². The Hall–Kier alpha value is -3.88. The van der Waals surface area contributed by atoms with Crippen molar-refractivity contribution < 1.29 is 19.1 Å². The second-order valence-electron chi connectivity index (χ2n) is 12.1. The fourth-order valence-corrected chi connectivity index (χ4v) is 7.81. The molecule has 6 aromatic rings. The summed E-state index contributed by atoms with van der Waals surface area (Å²) in [5, 5.41) is 4.59. The van der Waals surface area contributed by atoms with Gasteiger partial charge in [0.05, 0.1) is 0 Å². The van der Waals surface area contributed by atoms with Gasteiger partial charge in [-0.25, -0.2) is 0 Å². The van der Waals surface area contributed by atoms with E-state index in [1.54, 1.807) is 23.5 Å². The molecule has 6 rings (SSSR count). The van der Waals surface area contributed by atoms with E-state index in [0.717, 1.165) is 44.0 Å². The Kier molecular flexibility index (Phi) is 9.36. The van der Waals surface area contributed by atoms with Crippen molar-refractivity contribution in [3.05, 3.63) is 83.9 Å². The molecule has 2 aromatic heterocycles. The number of thioether (sulfide) groups is 2. The van der Waals surface area contributed by atoms with Crippen molar-refractivity contribution in [3.8, 4) is 0 Å². The van der Waals surface area contributed by atoms with E-state index in [1.807, 2.05) is 39.8 Å². The maximum Gasteiger partial charge on any atom is 0.318 e. The summed E-state index contributed by atoms with van der Waals surface area (Å²) >= 11 is 3.43. The Morgan fingerprint density at radius 2 is 0.957 bits per heavy atom. The van der Waals surface area contributed by atoms with Crippen molar-refractivity contribution in [2.45, 2.75) is 80.8 Å². The highest BCUT2D eigenvalue weighted by Crippen LogP contribution is 2.39. The molecule has 0 bridgehead atoms. The number of carbonyl (C=O) groups is 2. The van der Waals surface area contributed by atoms with E-state index in [1.165, 1.54) is 20.6 Å². The molecule has 0 saturated heterocycles. The quantitative estimate of drug-likeness (QED) is 0.0768. The van der Waals surface area contributed by atoms with Crippen LogP contribution in [0, 0.1) is 0 Å². The van der Waals surface area contributed by atoms with E-state index in [0.29, 0.717) is 25.7 Å². The summed E-state index contributed by atoms with van der Waals surface area (Å²) in [6.45, 7) is 8.04. The SMILES string of the molecule is CCC(CC)(OC(=O)CC(=O)OC(CC)(CC)c1ccc2c(c1)[nH]c1ccc(SC)cc12)c1ccc2c(c1)[nH]c1ccc(SC)cc12. The van der Waals surface area contributed by atoms with Crippen LogP contribution < -0.4 is 0 Å². The number of aromatic nitrogens is 2. The molecule has 47 heavy (non-hydrogen) atoms. The first-order valence-electron chi connectivity index (χ1n) is 16.4. The molecule has 0 radical (unpaired) electrons. The normalized spacial score (nSPS) is 12.4.